The van der Waals surface area contributed by atoms with Gasteiger partial charge in [-0.15, -0.1) is 13.2 Å². The first-order valence-electron chi connectivity index (χ1n) is 4.79. The van der Waals surface area contributed by atoms with Crippen LogP contribution < -0.4 is 0 Å². The van der Waals surface area contributed by atoms with Crippen LogP contribution in [0.25, 0.3) is 0 Å². The van der Waals surface area contributed by atoms with Crippen molar-refractivity contribution in [3.05, 3.63) is 25.3 Å². The van der Waals surface area contributed by atoms with Crippen LogP contribution in [0.2, 0.25) is 0 Å². The normalized spacial score (nSPS) is 9.85. The number of allylic oxidation sites excluding steroid dienone is 2. The molecule has 0 aliphatic carbocycles. The fourth-order valence-electron chi connectivity index (χ4n) is 0.836. The summed E-state index contributed by atoms with van der Waals surface area (Å²) in [5.74, 6) is 0. The van der Waals surface area contributed by atoms with Gasteiger partial charge in [0.2, 0.25) is 0 Å². The summed E-state index contributed by atoms with van der Waals surface area (Å²) in [4.78, 5) is 0. The van der Waals surface area contributed by atoms with Crippen LogP contribution in [-0.4, -0.2) is 23.2 Å². The van der Waals surface area contributed by atoms with Gasteiger partial charge >= 0.3 is 10.0 Å². The molecule has 0 atom stereocenters. The summed E-state index contributed by atoms with van der Waals surface area (Å²) in [5, 5.41) is 0. The van der Waals surface area contributed by atoms with Crippen molar-refractivity contribution >= 4 is 10.0 Å². The maximum absolute atomic E-state index is 5.36. The number of unbranched alkanes of at least 4 members (excludes halogenated alkanes) is 2. The Kier molecular flexibility index (Phi) is 11.3. The first-order chi connectivity index (χ1) is 6.41. The molecular formula is C10H20O2Si. The van der Waals surface area contributed by atoms with Gasteiger partial charge in [-0.1, -0.05) is 12.2 Å². The van der Waals surface area contributed by atoms with Gasteiger partial charge in [0.05, 0.1) is 0 Å². The Morgan fingerprint density at radius 2 is 1.38 bits per heavy atom. The van der Waals surface area contributed by atoms with E-state index < -0.39 is 10.0 Å². The molecule has 2 nitrogen and oxygen atoms in total. The van der Waals surface area contributed by atoms with E-state index in [4.69, 9.17) is 8.85 Å². The smallest absolute Gasteiger partial charge is 0.304 e. The van der Waals surface area contributed by atoms with Crippen LogP contribution in [-0.2, 0) is 8.85 Å². The summed E-state index contributed by atoms with van der Waals surface area (Å²) in [6.45, 7) is 8.93. The van der Waals surface area contributed by atoms with Crippen molar-refractivity contribution < 1.29 is 8.85 Å². The topological polar surface area (TPSA) is 18.5 Å². The van der Waals surface area contributed by atoms with Crippen LogP contribution in [0.5, 0.6) is 0 Å². The highest BCUT2D eigenvalue weighted by Gasteiger charge is 1.89. The van der Waals surface area contributed by atoms with Gasteiger partial charge in [0, 0.05) is 13.2 Å². The molecule has 0 radical (unpaired) electrons. The summed E-state index contributed by atoms with van der Waals surface area (Å²) < 4.78 is 10.7. The van der Waals surface area contributed by atoms with E-state index in [-0.39, 0.29) is 0 Å². The van der Waals surface area contributed by atoms with Gasteiger partial charge in [0.1, 0.15) is 0 Å². The van der Waals surface area contributed by atoms with E-state index in [2.05, 4.69) is 13.2 Å². The lowest BCUT2D eigenvalue weighted by atomic mass is 10.3. The molecule has 0 N–H and O–H groups in total. The maximum Gasteiger partial charge on any atom is 0.304 e. The van der Waals surface area contributed by atoms with Gasteiger partial charge in [0.25, 0.3) is 0 Å². The van der Waals surface area contributed by atoms with Gasteiger partial charge in [0.15, 0.2) is 0 Å². The Morgan fingerprint density at radius 3 is 1.77 bits per heavy atom. The molecule has 0 spiro atoms. The fourth-order valence-corrected chi connectivity index (χ4v) is 1.60. The monoisotopic (exact) mass is 200 g/mol. The fraction of sp³-hybridized carbons (Fsp3) is 0.600. The Hall–Kier alpha value is -0.383. The zero-order valence-corrected chi connectivity index (χ0v) is 9.75. The van der Waals surface area contributed by atoms with Crippen LogP contribution in [0.4, 0.5) is 0 Å². The highest BCUT2D eigenvalue weighted by molar-refractivity contribution is 6.17. The molecule has 0 bridgehead atoms. The average molecular weight is 200 g/mol. The van der Waals surface area contributed by atoms with E-state index in [1.54, 1.807) is 0 Å². The van der Waals surface area contributed by atoms with Gasteiger partial charge in [-0.05, 0) is 25.7 Å². The van der Waals surface area contributed by atoms with E-state index in [9.17, 15) is 0 Å². The lowest BCUT2D eigenvalue weighted by molar-refractivity contribution is 0.218. The molecule has 0 rings (SSSR count). The van der Waals surface area contributed by atoms with E-state index in [1.165, 1.54) is 0 Å². The van der Waals surface area contributed by atoms with Crippen molar-refractivity contribution in [3.8, 4) is 0 Å². The molecule has 0 unspecified atom stereocenters. The Balaban J connectivity index is 2.83. The molecule has 0 amide bonds. The summed E-state index contributed by atoms with van der Waals surface area (Å²) in [6.07, 6.45) is 8.01. The van der Waals surface area contributed by atoms with Gasteiger partial charge in [-0.2, -0.15) is 0 Å². The molecule has 0 aliphatic heterocycles. The molecule has 0 saturated heterocycles. The van der Waals surface area contributed by atoms with E-state index >= 15 is 0 Å². The lowest BCUT2D eigenvalue weighted by Gasteiger charge is -2.03. The van der Waals surface area contributed by atoms with Crippen molar-refractivity contribution in [3.63, 3.8) is 0 Å². The summed E-state index contributed by atoms with van der Waals surface area (Å²) in [5.41, 5.74) is 0. The number of rotatable bonds is 10. The Morgan fingerprint density at radius 1 is 0.923 bits per heavy atom. The van der Waals surface area contributed by atoms with Gasteiger partial charge < -0.3 is 8.85 Å². The van der Waals surface area contributed by atoms with Crippen molar-refractivity contribution in [2.24, 2.45) is 0 Å². The van der Waals surface area contributed by atoms with Gasteiger partial charge in [-0.25, -0.2) is 0 Å². The minimum Gasteiger partial charge on any atom is -0.399 e. The van der Waals surface area contributed by atoms with Crippen molar-refractivity contribution in [2.75, 3.05) is 13.2 Å². The molecule has 0 aromatic carbocycles. The van der Waals surface area contributed by atoms with Crippen molar-refractivity contribution in [1.82, 2.24) is 0 Å². The lowest BCUT2D eigenvalue weighted by Crippen LogP contribution is -2.06. The SMILES string of the molecule is C=CCCCO[SiH2]OCCCC=C. The molecule has 0 aromatic heterocycles. The molecule has 13 heavy (non-hydrogen) atoms. The van der Waals surface area contributed by atoms with E-state index in [0.717, 1.165) is 38.9 Å². The quantitative estimate of drug-likeness (QED) is 0.305. The van der Waals surface area contributed by atoms with Crippen LogP contribution in [0, 0.1) is 0 Å². The predicted molar refractivity (Wildman–Crippen MR) is 59.3 cm³/mol. The van der Waals surface area contributed by atoms with Crippen LogP contribution >= 0.6 is 0 Å². The third kappa shape index (κ3) is 11.6. The standard InChI is InChI=1S/C10H20O2Si/c1-3-5-7-9-11-13-12-10-8-6-4-2/h3-4H,1-2,5-10,13H2. The van der Waals surface area contributed by atoms with E-state index in [0.29, 0.717) is 0 Å². The van der Waals surface area contributed by atoms with Crippen molar-refractivity contribution in [2.45, 2.75) is 25.7 Å². The summed E-state index contributed by atoms with van der Waals surface area (Å²) in [7, 11) is -0.713. The summed E-state index contributed by atoms with van der Waals surface area (Å²) >= 11 is 0. The van der Waals surface area contributed by atoms with Crippen LogP contribution in [0.15, 0.2) is 25.3 Å². The molecule has 3 heteroatoms. The molecule has 0 fully saturated rings. The first kappa shape index (κ1) is 12.6. The highest BCUT2D eigenvalue weighted by atomic mass is 28.3. The Labute approximate surface area is 83.7 Å². The second-order valence-corrected chi connectivity index (χ2v) is 3.85. The van der Waals surface area contributed by atoms with Crippen molar-refractivity contribution in [1.29, 1.82) is 0 Å². The molecule has 0 saturated carbocycles. The van der Waals surface area contributed by atoms with Gasteiger partial charge in [-0.3, -0.25) is 0 Å². The number of hydrogen-bond donors (Lipinski definition) is 0. The van der Waals surface area contributed by atoms with E-state index in [1.807, 2.05) is 12.2 Å². The first-order valence-corrected chi connectivity index (χ1v) is 5.94. The molecule has 76 valence electrons. The molecular weight excluding hydrogens is 180 g/mol. The largest absolute Gasteiger partial charge is 0.399 e. The molecule has 0 aliphatic rings. The summed E-state index contributed by atoms with van der Waals surface area (Å²) in [6, 6.07) is 0. The van der Waals surface area contributed by atoms with Crippen LogP contribution in [0.3, 0.4) is 0 Å². The zero-order chi connectivity index (χ0) is 9.78. The second-order valence-electron chi connectivity index (χ2n) is 2.80. The number of hydrogen-bond acceptors (Lipinski definition) is 2. The maximum atomic E-state index is 5.36. The second kappa shape index (κ2) is 11.6. The average Bonchev–Trinajstić information content (AvgIpc) is 2.16. The third-order valence-electron chi connectivity index (χ3n) is 1.56. The third-order valence-corrected chi connectivity index (χ3v) is 2.47. The predicted octanol–water partition coefficient (Wildman–Crippen LogP) is 1.95. The highest BCUT2D eigenvalue weighted by Crippen LogP contribution is 1.91. The molecule has 0 heterocycles. The zero-order valence-electron chi connectivity index (χ0n) is 8.34. The minimum atomic E-state index is -0.713. The molecule has 0 aromatic rings. The Bertz CT molecular complexity index is 112. The minimum absolute atomic E-state index is 0.713. The van der Waals surface area contributed by atoms with Crippen LogP contribution in [0.1, 0.15) is 25.7 Å².